The van der Waals surface area contributed by atoms with Gasteiger partial charge < -0.3 is 14.4 Å². The molecule has 1 aliphatic rings. The third kappa shape index (κ3) is 6.11. The SMILES string of the molecule is [Pt].[c-]1c(C(=C(c2ccncc2)c2ccncc2)c2[c-]c3c(cc2)c2ccccc2n3-c2ccccn2)cccc1N1[CH-]N(c2ccccc2)c2ccccc21. The van der Waals surface area contributed by atoms with Crippen LogP contribution in [0.5, 0.6) is 0 Å². The largest absolute Gasteiger partial charge is 0.488 e. The normalized spacial score (nSPS) is 12.1. The molecule has 0 atom stereocenters. The molecule has 0 fully saturated rings. The Morgan fingerprint density at radius 3 is 1.87 bits per heavy atom. The summed E-state index contributed by atoms with van der Waals surface area (Å²) in [6.45, 7) is 2.15. The summed E-state index contributed by atoms with van der Waals surface area (Å²) in [5.41, 5.74) is 12.1. The predicted molar refractivity (Wildman–Crippen MR) is 218 cm³/mol. The van der Waals surface area contributed by atoms with Crippen LogP contribution in [0.1, 0.15) is 22.3 Å². The quantitative estimate of drug-likeness (QED) is 0.149. The number of para-hydroxylation sites is 4. The topological polar surface area (TPSA) is 50.1 Å². The Morgan fingerprint density at radius 2 is 1.15 bits per heavy atom. The second-order valence-electron chi connectivity index (χ2n) is 13.0. The monoisotopic (exact) mass is 886 g/mol. The van der Waals surface area contributed by atoms with Gasteiger partial charge in [-0.1, -0.05) is 65.7 Å². The van der Waals surface area contributed by atoms with E-state index in [2.05, 4.69) is 171 Å². The fourth-order valence-electron chi connectivity index (χ4n) is 7.51. The zero-order valence-electron chi connectivity index (χ0n) is 29.4. The van der Waals surface area contributed by atoms with Gasteiger partial charge in [-0.2, -0.15) is 0 Å². The van der Waals surface area contributed by atoms with E-state index < -0.39 is 0 Å². The van der Waals surface area contributed by atoms with E-state index in [1.165, 1.54) is 0 Å². The molecule has 55 heavy (non-hydrogen) atoms. The van der Waals surface area contributed by atoms with E-state index in [1.807, 2.05) is 55.2 Å². The second-order valence-corrected chi connectivity index (χ2v) is 13.0. The summed E-state index contributed by atoms with van der Waals surface area (Å²) in [5, 5.41) is 2.26. The maximum atomic E-state index is 4.78. The maximum Gasteiger partial charge on any atom is 0.136 e. The van der Waals surface area contributed by atoms with Crippen molar-refractivity contribution in [3.63, 3.8) is 0 Å². The molecule has 0 bridgehead atoms. The molecule has 0 saturated carbocycles. The van der Waals surface area contributed by atoms with Gasteiger partial charge in [0, 0.05) is 74.6 Å². The van der Waals surface area contributed by atoms with E-state index in [-0.39, 0.29) is 21.1 Å². The van der Waals surface area contributed by atoms with Crippen molar-refractivity contribution in [2.75, 3.05) is 9.80 Å². The molecule has 0 spiro atoms. The minimum Gasteiger partial charge on any atom is -0.488 e. The van der Waals surface area contributed by atoms with Gasteiger partial charge in [0.2, 0.25) is 0 Å². The molecule has 5 heterocycles. The van der Waals surface area contributed by atoms with Gasteiger partial charge >= 0.3 is 0 Å². The Balaban J connectivity index is 0.00000397. The van der Waals surface area contributed by atoms with Crippen LogP contribution in [-0.4, -0.2) is 19.5 Å². The van der Waals surface area contributed by atoms with Crippen molar-refractivity contribution in [2.45, 2.75) is 0 Å². The molecule has 10 rings (SSSR count). The summed E-state index contributed by atoms with van der Waals surface area (Å²) in [5.74, 6) is 0.839. The Hall–Kier alpha value is -6.62. The number of aromatic nitrogens is 4. The second kappa shape index (κ2) is 14.7. The van der Waals surface area contributed by atoms with Crippen LogP contribution in [0.3, 0.4) is 0 Å². The smallest absolute Gasteiger partial charge is 0.136 e. The Labute approximate surface area is 334 Å². The standard InChI is InChI=1S/C48H31N6.Pt/c1-2-12-38(13-3-1)52-33-53(44-18-7-6-17-43(44)52)39-14-10-11-36(31-39)48(47(34-22-27-49-28-23-34)35-24-29-50-30-25-35)37-20-21-41-40-15-4-5-16-42(40)54(45(41)32-37)46-19-8-9-26-51-46;/h1-30,33H;/q-3;. The Morgan fingerprint density at radius 1 is 0.491 bits per heavy atom. The molecule has 0 radical (unpaired) electrons. The molecule has 266 valence electrons. The van der Waals surface area contributed by atoms with Gasteiger partial charge in [-0.25, -0.2) is 4.98 Å². The van der Waals surface area contributed by atoms with E-state index >= 15 is 0 Å². The molecule has 0 amide bonds. The first-order chi connectivity index (χ1) is 26.8. The van der Waals surface area contributed by atoms with Gasteiger partial charge in [0.1, 0.15) is 5.82 Å². The summed E-state index contributed by atoms with van der Waals surface area (Å²) in [7, 11) is 0. The van der Waals surface area contributed by atoms with Crippen LogP contribution in [0.2, 0.25) is 0 Å². The summed E-state index contributed by atoms with van der Waals surface area (Å²) in [6.07, 6.45) is 9.20. The molecule has 0 N–H and O–H groups in total. The number of hydrogen-bond donors (Lipinski definition) is 0. The molecule has 6 nitrogen and oxygen atoms in total. The van der Waals surface area contributed by atoms with Gasteiger partial charge in [0.05, 0.1) is 0 Å². The number of hydrogen-bond acceptors (Lipinski definition) is 5. The van der Waals surface area contributed by atoms with Gasteiger partial charge in [-0.05, 0) is 94.3 Å². The summed E-state index contributed by atoms with van der Waals surface area (Å²) < 4.78 is 2.21. The van der Waals surface area contributed by atoms with Crippen molar-refractivity contribution in [1.82, 2.24) is 19.5 Å². The van der Waals surface area contributed by atoms with Crippen molar-refractivity contribution in [3.05, 3.63) is 224 Å². The zero-order chi connectivity index (χ0) is 35.8. The Bertz CT molecular complexity index is 2760. The molecule has 1 aliphatic heterocycles. The molecular formula is C48H31N6Pt-3. The number of nitrogens with zero attached hydrogens (tertiary/aromatic N) is 6. The van der Waals surface area contributed by atoms with E-state index in [9.17, 15) is 0 Å². The van der Waals surface area contributed by atoms with Gasteiger partial charge in [-0.15, -0.1) is 65.8 Å². The number of anilines is 4. The third-order valence-electron chi connectivity index (χ3n) is 9.89. The van der Waals surface area contributed by atoms with E-state index in [1.54, 1.807) is 0 Å². The van der Waals surface area contributed by atoms with Crippen molar-refractivity contribution in [3.8, 4) is 5.82 Å². The number of rotatable bonds is 7. The van der Waals surface area contributed by atoms with Crippen LogP contribution >= 0.6 is 0 Å². The zero-order valence-corrected chi connectivity index (χ0v) is 31.7. The molecule has 4 aromatic heterocycles. The van der Waals surface area contributed by atoms with E-state index in [4.69, 9.17) is 4.98 Å². The van der Waals surface area contributed by atoms with Crippen molar-refractivity contribution in [1.29, 1.82) is 0 Å². The van der Waals surface area contributed by atoms with Crippen molar-refractivity contribution in [2.24, 2.45) is 0 Å². The summed E-state index contributed by atoms with van der Waals surface area (Å²) >= 11 is 0. The van der Waals surface area contributed by atoms with Crippen LogP contribution < -0.4 is 9.80 Å². The van der Waals surface area contributed by atoms with E-state index in [0.29, 0.717) is 0 Å². The minimum absolute atomic E-state index is 0. The average Bonchev–Trinajstić information content (AvgIpc) is 3.80. The molecule has 5 aromatic carbocycles. The average molecular weight is 887 g/mol. The number of pyridine rings is 3. The first-order valence-corrected chi connectivity index (χ1v) is 17.8. The van der Waals surface area contributed by atoms with Crippen molar-refractivity contribution >= 4 is 55.7 Å². The number of benzene rings is 5. The maximum absolute atomic E-state index is 4.78. The van der Waals surface area contributed by atoms with Crippen LogP contribution in [0.15, 0.2) is 183 Å². The fourth-order valence-corrected chi connectivity index (χ4v) is 7.51. The summed E-state index contributed by atoms with van der Waals surface area (Å²) in [4.78, 5) is 18.0. The van der Waals surface area contributed by atoms with Crippen LogP contribution in [0.25, 0.3) is 38.8 Å². The first kappa shape index (κ1) is 34.2. The van der Waals surface area contributed by atoms with Gasteiger partial charge in [0.25, 0.3) is 0 Å². The van der Waals surface area contributed by atoms with Crippen molar-refractivity contribution < 1.29 is 21.1 Å². The van der Waals surface area contributed by atoms with Crippen LogP contribution in [0.4, 0.5) is 22.7 Å². The third-order valence-corrected chi connectivity index (χ3v) is 9.89. The summed E-state index contributed by atoms with van der Waals surface area (Å²) in [6, 6.07) is 60.2. The molecule has 0 unspecified atom stereocenters. The molecule has 0 saturated heterocycles. The van der Waals surface area contributed by atoms with Gasteiger partial charge in [0.15, 0.2) is 0 Å². The fraction of sp³-hybridized carbons (Fsp3) is 0. The molecule has 0 aliphatic carbocycles. The molecular weight excluding hydrogens is 856 g/mol. The molecule has 7 heteroatoms. The number of fused-ring (bicyclic) bond motifs is 4. The van der Waals surface area contributed by atoms with Crippen LogP contribution in [0, 0.1) is 18.8 Å². The Kier molecular flexibility index (Phi) is 9.11. The van der Waals surface area contributed by atoms with Crippen LogP contribution in [-0.2, 0) is 21.1 Å². The predicted octanol–water partition coefficient (Wildman–Crippen LogP) is 11.0. The molecule has 9 aromatic rings. The van der Waals surface area contributed by atoms with E-state index in [0.717, 1.165) is 83.8 Å². The van der Waals surface area contributed by atoms with Gasteiger partial charge in [-0.3, -0.25) is 9.97 Å². The minimum atomic E-state index is 0. The first-order valence-electron chi connectivity index (χ1n) is 17.8.